The van der Waals surface area contributed by atoms with Gasteiger partial charge < -0.3 is 0 Å². The normalized spacial score (nSPS) is 10.2. The third-order valence-corrected chi connectivity index (χ3v) is 3.91. The number of nitrogens with zero attached hydrogens (tertiary/aromatic N) is 2. The minimum atomic E-state index is -0.600. The largest absolute Gasteiger partial charge is 0.289 e. The van der Waals surface area contributed by atoms with Gasteiger partial charge in [0.1, 0.15) is 0 Å². The van der Waals surface area contributed by atoms with Gasteiger partial charge in [-0.05, 0) is 24.3 Å². The molecule has 120 valence electrons. The number of hydrazine groups is 1. The molecule has 0 aliphatic carbocycles. The molecule has 0 atom stereocenters. The molecule has 2 amide bonds. The van der Waals surface area contributed by atoms with Crippen LogP contribution in [-0.4, -0.2) is 27.5 Å². The summed E-state index contributed by atoms with van der Waals surface area (Å²) < 4.78 is 0. The van der Waals surface area contributed by atoms with Crippen molar-refractivity contribution in [3.05, 3.63) is 52.3 Å². The van der Waals surface area contributed by atoms with Crippen LogP contribution in [0.5, 0.6) is 0 Å². The third kappa shape index (κ3) is 4.43. The summed E-state index contributed by atoms with van der Waals surface area (Å²) in [4.78, 5) is 32.3. The number of aromatic nitrogens is 2. The highest BCUT2D eigenvalue weighted by Crippen LogP contribution is 2.17. The molecular formula is C15H15ClN4O2S. The lowest BCUT2D eigenvalue weighted by atomic mass is 10.1. The van der Waals surface area contributed by atoms with Crippen molar-refractivity contribution in [3.63, 3.8) is 0 Å². The lowest BCUT2D eigenvalue weighted by Crippen LogP contribution is -2.42. The van der Waals surface area contributed by atoms with Crippen molar-refractivity contribution >= 4 is 35.2 Å². The van der Waals surface area contributed by atoms with Crippen LogP contribution in [0.3, 0.4) is 0 Å². The number of amides is 2. The summed E-state index contributed by atoms with van der Waals surface area (Å²) in [6, 6.07) is 7.06. The molecule has 6 nitrogen and oxygen atoms in total. The van der Waals surface area contributed by atoms with E-state index in [1.165, 1.54) is 18.0 Å². The highest BCUT2D eigenvalue weighted by molar-refractivity contribution is 7.99. The molecule has 0 saturated carbocycles. The highest BCUT2D eigenvalue weighted by atomic mass is 35.5. The van der Waals surface area contributed by atoms with E-state index in [0.29, 0.717) is 10.7 Å². The lowest BCUT2D eigenvalue weighted by molar-refractivity contribution is 0.0843. The Bertz CT molecular complexity index is 739. The van der Waals surface area contributed by atoms with Crippen molar-refractivity contribution in [1.29, 1.82) is 0 Å². The van der Waals surface area contributed by atoms with Crippen LogP contribution in [0.1, 0.15) is 33.3 Å². The standard InChI is InChI=1S/C15H15ClN4O2S/c1-3-23-15-17-8-11(16)12(18-15)14(22)20-19-13(21)10-7-5-4-6-9(10)2/h4-8H,3H2,1-2H3,(H,19,21)(H,20,22). The van der Waals surface area contributed by atoms with E-state index >= 15 is 0 Å². The molecule has 0 spiro atoms. The van der Waals surface area contributed by atoms with E-state index in [1.54, 1.807) is 12.1 Å². The molecule has 8 heteroatoms. The minimum Gasteiger partial charge on any atom is -0.267 e. The number of aryl methyl sites for hydroxylation is 1. The van der Waals surface area contributed by atoms with Gasteiger partial charge >= 0.3 is 0 Å². The average Bonchev–Trinajstić information content (AvgIpc) is 2.54. The Balaban J connectivity index is 2.06. The number of carbonyl (C=O) groups is 2. The summed E-state index contributed by atoms with van der Waals surface area (Å²) in [5.74, 6) is -0.241. The first-order valence-electron chi connectivity index (χ1n) is 6.84. The Morgan fingerprint density at radius 3 is 2.61 bits per heavy atom. The second-order valence-electron chi connectivity index (χ2n) is 4.51. The Morgan fingerprint density at radius 2 is 1.91 bits per heavy atom. The zero-order valence-electron chi connectivity index (χ0n) is 12.6. The first-order chi connectivity index (χ1) is 11.0. The van der Waals surface area contributed by atoms with Crippen molar-refractivity contribution < 1.29 is 9.59 Å². The molecule has 23 heavy (non-hydrogen) atoms. The number of nitrogens with one attached hydrogen (secondary N) is 2. The Morgan fingerprint density at radius 1 is 1.22 bits per heavy atom. The van der Waals surface area contributed by atoms with Gasteiger partial charge in [0.05, 0.1) is 11.2 Å². The van der Waals surface area contributed by atoms with Crippen molar-refractivity contribution in [3.8, 4) is 0 Å². The maximum absolute atomic E-state index is 12.1. The number of hydrogen-bond donors (Lipinski definition) is 2. The summed E-state index contributed by atoms with van der Waals surface area (Å²) >= 11 is 7.33. The van der Waals surface area contributed by atoms with E-state index in [2.05, 4.69) is 20.8 Å². The van der Waals surface area contributed by atoms with Crippen LogP contribution >= 0.6 is 23.4 Å². The summed E-state index contributed by atoms with van der Waals surface area (Å²) in [6.07, 6.45) is 1.37. The molecule has 0 aliphatic heterocycles. The van der Waals surface area contributed by atoms with Gasteiger partial charge in [-0.25, -0.2) is 9.97 Å². The molecule has 2 N–H and O–H groups in total. The van der Waals surface area contributed by atoms with Gasteiger partial charge in [-0.2, -0.15) is 0 Å². The first kappa shape index (κ1) is 17.2. The van der Waals surface area contributed by atoms with E-state index in [-0.39, 0.29) is 10.7 Å². The van der Waals surface area contributed by atoms with Crippen LogP contribution in [0, 0.1) is 6.92 Å². The third-order valence-electron chi connectivity index (χ3n) is 2.89. The van der Waals surface area contributed by atoms with E-state index in [1.807, 2.05) is 26.0 Å². The first-order valence-corrected chi connectivity index (χ1v) is 8.21. The van der Waals surface area contributed by atoms with Gasteiger partial charge in [0, 0.05) is 5.56 Å². The number of benzene rings is 1. The van der Waals surface area contributed by atoms with E-state index in [9.17, 15) is 9.59 Å². The Hall–Kier alpha value is -2.12. The van der Waals surface area contributed by atoms with Crippen LogP contribution in [-0.2, 0) is 0 Å². The second-order valence-corrected chi connectivity index (χ2v) is 6.14. The lowest BCUT2D eigenvalue weighted by Gasteiger charge is -2.09. The summed E-state index contributed by atoms with van der Waals surface area (Å²) in [5, 5.41) is 0.570. The van der Waals surface area contributed by atoms with Gasteiger partial charge in [-0.1, -0.05) is 48.5 Å². The smallest absolute Gasteiger partial charge is 0.267 e. The number of carbonyl (C=O) groups excluding carboxylic acids is 2. The van der Waals surface area contributed by atoms with Crippen LogP contribution in [0.25, 0.3) is 0 Å². The molecule has 2 aromatic rings. The summed E-state index contributed by atoms with van der Waals surface area (Å²) in [5.41, 5.74) is 5.96. The monoisotopic (exact) mass is 350 g/mol. The number of thioether (sulfide) groups is 1. The SMILES string of the molecule is CCSc1ncc(Cl)c(C(=O)NNC(=O)c2ccccc2C)n1. The van der Waals surface area contributed by atoms with Crippen molar-refractivity contribution in [2.45, 2.75) is 19.0 Å². The fourth-order valence-corrected chi connectivity index (χ4v) is 2.49. The molecule has 0 radical (unpaired) electrons. The van der Waals surface area contributed by atoms with Crippen molar-refractivity contribution in [1.82, 2.24) is 20.8 Å². The highest BCUT2D eigenvalue weighted by Gasteiger charge is 2.16. The molecule has 0 bridgehead atoms. The van der Waals surface area contributed by atoms with Crippen LogP contribution in [0.4, 0.5) is 0 Å². The zero-order chi connectivity index (χ0) is 16.8. The van der Waals surface area contributed by atoms with Gasteiger partial charge in [-0.3, -0.25) is 20.4 Å². The molecule has 0 unspecified atom stereocenters. The van der Waals surface area contributed by atoms with Gasteiger partial charge in [0.25, 0.3) is 11.8 Å². The Labute approximate surface area is 143 Å². The van der Waals surface area contributed by atoms with Crippen molar-refractivity contribution in [2.24, 2.45) is 0 Å². The maximum atomic E-state index is 12.1. The summed E-state index contributed by atoms with van der Waals surface area (Å²) in [7, 11) is 0. The van der Waals surface area contributed by atoms with E-state index < -0.39 is 11.8 Å². The predicted octanol–water partition coefficient (Wildman–Crippen LogP) is 2.63. The van der Waals surface area contributed by atoms with E-state index in [0.717, 1.165) is 11.3 Å². The predicted molar refractivity (Wildman–Crippen MR) is 89.6 cm³/mol. The minimum absolute atomic E-state index is 0.0164. The number of halogens is 1. The molecule has 1 aromatic carbocycles. The average molecular weight is 351 g/mol. The van der Waals surface area contributed by atoms with Gasteiger partial charge in [0.2, 0.25) is 0 Å². The molecule has 0 fully saturated rings. The molecular weight excluding hydrogens is 336 g/mol. The van der Waals surface area contributed by atoms with Gasteiger partial charge in [0.15, 0.2) is 10.9 Å². The second kappa shape index (κ2) is 7.94. The molecule has 1 aromatic heterocycles. The van der Waals surface area contributed by atoms with Crippen molar-refractivity contribution in [2.75, 3.05) is 5.75 Å². The van der Waals surface area contributed by atoms with Crippen LogP contribution < -0.4 is 10.9 Å². The fourth-order valence-electron chi connectivity index (χ4n) is 1.78. The zero-order valence-corrected chi connectivity index (χ0v) is 14.2. The Kier molecular flexibility index (Phi) is 5.95. The number of rotatable bonds is 4. The molecule has 1 heterocycles. The topological polar surface area (TPSA) is 84.0 Å². The summed E-state index contributed by atoms with van der Waals surface area (Å²) in [6.45, 7) is 3.76. The number of hydrogen-bond acceptors (Lipinski definition) is 5. The molecule has 0 saturated heterocycles. The molecule has 2 rings (SSSR count). The molecule has 0 aliphatic rings. The van der Waals surface area contributed by atoms with Crippen LogP contribution in [0.2, 0.25) is 5.02 Å². The van der Waals surface area contributed by atoms with Crippen LogP contribution in [0.15, 0.2) is 35.6 Å². The van der Waals surface area contributed by atoms with E-state index in [4.69, 9.17) is 11.6 Å². The fraction of sp³-hybridized carbons (Fsp3) is 0.200. The van der Waals surface area contributed by atoms with Gasteiger partial charge in [-0.15, -0.1) is 0 Å². The quantitative estimate of drug-likeness (QED) is 0.503. The maximum Gasteiger partial charge on any atom is 0.289 e.